The molecule has 0 amide bonds. The van der Waals surface area contributed by atoms with E-state index in [2.05, 4.69) is 25.6 Å². The maximum atomic E-state index is 11.8. The van der Waals surface area contributed by atoms with Crippen LogP contribution >= 0.6 is 27.3 Å². The van der Waals surface area contributed by atoms with Crippen molar-refractivity contribution in [3.63, 3.8) is 0 Å². The van der Waals surface area contributed by atoms with Crippen molar-refractivity contribution in [1.29, 1.82) is 0 Å². The number of aromatic nitrogens is 1. The molecule has 1 N–H and O–H groups in total. The van der Waals surface area contributed by atoms with Gasteiger partial charge < -0.3 is 4.42 Å². The van der Waals surface area contributed by atoms with Gasteiger partial charge in [-0.2, -0.15) is 4.98 Å². The van der Waals surface area contributed by atoms with Crippen molar-refractivity contribution >= 4 is 43.3 Å². The molecule has 0 saturated heterocycles. The van der Waals surface area contributed by atoms with Crippen LogP contribution in [-0.2, 0) is 10.0 Å². The van der Waals surface area contributed by atoms with E-state index < -0.39 is 10.0 Å². The summed E-state index contributed by atoms with van der Waals surface area (Å²) in [6.07, 6.45) is 1.38. The first-order valence-corrected chi connectivity index (χ1v) is 7.27. The molecule has 2 heterocycles. The molecule has 2 rings (SSSR count). The Hall–Kier alpha value is -0.860. The molecule has 0 unspecified atom stereocenters. The minimum atomic E-state index is -3.60. The number of hydrogen-bond acceptors (Lipinski definition) is 5. The van der Waals surface area contributed by atoms with Gasteiger partial charge in [-0.25, -0.2) is 13.1 Å². The van der Waals surface area contributed by atoms with E-state index in [9.17, 15) is 8.42 Å². The van der Waals surface area contributed by atoms with Crippen LogP contribution in [0.2, 0.25) is 0 Å². The van der Waals surface area contributed by atoms with Crippen LogP contribution in [0, 0.1) is 6.92 Å². The predicted octanol–water partition coefficient (Wildman–Crippen LogP) is 2.61. The van der Waals surface area contributed by atoms with E-state index in [1.54, 1.807) is 13.0 Å². The number of nitrogens with one attached hydrogen (secondary N) is 1. The van der Waals surface area contributed by atoms with E-state index in [1.165, 1.54) is 12.3 Å². The average Bonchev–Trinajstić information content (AvgIpc) is 2.75. The molecular formula is C8H7BrN2O3S2. The van der Waals surface area contributed by atoms with Crippen molar-refractivity contribution < 1.29 is 12.8 Å². The third-order valence-corrected chi connectivity index (χ3v) is 5.09. The molecule has 16 heavy (non-hydrogen) atoms. The van der Waals surface area contributed by atoms with Crippen LogP contribution in [0.15, 0.2) is 30.8 Å². The zero-order chi connectivity index (χ0) is 11.8. The fourth-order valence-electron chi connectivity index (χ4n) is 1.01. The Kier molecular flexibility index (Phi) is 3.04. The summed E-state index contributed by atoms with van der Waals surface area (Å²) < 4.78 is 31.7. The summed E-state index contributed by atoms with van der Waals surface area (Å²) in [5.41, 5.74) is 0.616. The van der Waals surface area contributed by atoms with E-state index in [1.807, 2.05) is 0 Å². The summed E-state index contributed by atoms with van der Waals surface area (Å²) in [5.74, 6) is 0. The zero-order valence-electron chi connectivity index (χ0n) is 8.10. The van der Waals surface area contributed by atoms with Crippen molar-refractivity contribution in [2.45, 2.75) is 11.1 Å². The van der Waals surface area contributed by atoms with E-state index >= 15 is 0 Å². The quantitative estimate of drug-likeness (QED) is 0.942. The summed E-state index contributed by atoms with van der Waals surface area (Å²) >= 11 is 4.32. The van der Waals surface area contributed by atoms with Crippen LogP contribution < -0.4 is 4.72 Å². The number of aryl methyl sites for hydroxylation is 1. The highest BCUT2D eigenvalue weighted by molar-refractivity contribution is 9.11. The van der Waals surface area contributed by atoms with Gasteiger partial charge in [-0.15, -0.1) is 11.3 Å². The monoisotopic (exact) mass is 322 g/mol. The first-order chi connectivity index (χ1) is 7.47. The number of oxazole rings is 1. The van der Waals surface area contributed by atoms with Gasteiger partial charge in [0.2, 0.25) is 0 Å². The first kappa shape index (κ1) is 11.6. The van der Waals surface area contributed by atoms with E-state index in [4.69, 9.17) is 4.42 Å². The maximum Gasteiger partial charge on any atom is 0.309 e. The van der Waals surface area contributed by atoms with Gasteiger partial charge in [0, 0.05) is 0 Å². The van der Waals surface area contributed by atoms with E-state index in [0.717, 1.165) is 15.1 Å². The second-order valence-electron chi connectivity index (χ2n) is 2.96. The maximum absolute atomic E-state index is 11.8. The van der Waals surface area contributed by atoms with Crippen LogP contribution in [0.1, 0.15) is 5.69 Å². The highest BCUT2D eigenvalue weighted by Crippen LogP contribution is 2.27. The zero-order valence-corrected chi connectivity index (χ0v) is 11.3. The van der Waals surface area contributed by atoms with Gasteiger partial charge in [0.05, 0.1) is 9.48 Å². The molecule has 0 saturated carbocycles. The Morgan fingerprint density at radius 2 is 2.25 bits per heavy atom. The number of nitrogens with zero attached hydrogens (tertiary/aromatic N) is 1. The second kappa shape index (κ2) is 4.19. The second-order valence-corrected chi connectivity index (χ2v) is 7.33. The minimum absolute atomic E-state index is 0.0259. The molecular weight excluding hydrogens is 316 g/mol. The molecule has 0 spiro atoms. The first-order valence-electron chi connectivity index (χ1n) is 4.18. The van der Waals surface area contributed by atoms with Gasteiger partial charge in [-0.3, -0.25) is 0 Å². The molecule has 0 bridgehead atoms. The van der Waals surface area contributed by atoms with Crippen LogP contribution in [0.4, 0.5) is 6.01 Å². The van der Waals surface area contributed by atoms with Crippen molar-refractivity contribution in [2.24, 2.45) is 0 Å². The van der Waals surface area contributed by atoms with Crippen LogP contribution in [-0.4, -0.2) is 13.4 Å². The lowest BCUT2D eigenvalue weighted by Crippen LogP contribution is -2.11. The molecule has 0 aliphatic rings. The Labute approximate surface area is 105 Å². The Morgan fingerprint density at radius 1 is 1.50 bits per heavy atom. The van der Waals surface area contributed by atoms with Crippen LogP contribution in [0.3, 0.4) is 0 Å². The van der Waals surface area contributed by atoms with Crippen molar-refractivity contribution in [3.8, 4) is 0 Å². The topological polar surface area (TPSA) is 72.2 Å². The van der Waals surface area contributed by atoms with Crippen LogP contribution in [0.5, 0.6) is 0 Å². The lowest BCUT2D eigenvalue weighted by Gasteiger charge is -2.00. The third-order valence-electron chi connectivity index (χ3n) is 1.65. The molecule has 0 aliphatic carbocycles. The highest BCUT2D eigenvalue weighted by Gasteiger charge is 2.18. The highest BCUT2D eigenvalue weighted by atomic mass is 79.9. The molecule has 8 heteroatoms. The number of hydrogen-bond donors (Lipinski definition) is 1. The molecule has 0 radical (unpaired) electrons. The SMILES string of the molecule is Cc1coc(NS(=O)(=O)c2ccc(Br)s2)n1. The standard InChI is InChI=1S/C8H7BrN2O3S2/c1-5-4-14-8(10-5)11-16(12,13)7-3-2-6(9)15-7/h2-4H,1H3,(H,10,11). The normalized spacial score (nSPS) is 11.6. The van der Waals surface area contributed by atoms with Crippen molar-refractivity contribution in [3.05, 3.63) is 27.9 Å². The number of sulfonamides is 1. The molecule has 5 nitrogen and oxygen atoms in total. The van der Waals surface area contributed by atoms with Gasteiger partial charge in [-0.1, -0.05) is 0 Å². The van der Waals surface area contributed by atoms with Crippen LogP contribution in [0.25, 0.3) is 0 Å². The molecule has 0 atom stereocenters. The third kappa shape index (κ3) is 2.45. The summed E-state index contributed by atoms with van der Waals surface area (Å²) in [4.78, 5) is 3.86. The number of anilines is 1. The Balaban J connectivity index is 2.27. The average molecular weight is 323 g/mol. The summed E-state index contributed by atoms with van der Waals surface area (Å²) in [6.45, 7) is 1.71. The van der Waals surface area contributed by atoms with Crippen molar-refractivity contribution in [1.82, 2.24) is 4.98 Å². The summed E-state index contributed by atoms with van der Waals surface area (Å²) in [5, 5.41) is 0. The van der Waals surface area contributed by atoms with Gasteiger partial charge >= 0.3 is 6.01 Å². The molecule has 2 aromatic rings. The number of halogens is 1. The Bertz CT molecular complexity index is 602. The molecule has 86 valence electrons. The van der Waals surface area contributed by atoms with E-state index in [-0.39, 0.29) is 10.2 Å². The lowest BCUT2D eigenvalue weighted by atomic mass is 10.6. The molecule has 0 aliphatic heterocycles. The lowest BCUT2D eigenvalue weighted by molar-refractivity contribution is 0.570. The Morgan fingerprint density at radius 3 is 2.75 bits per heavy atom. The molecule has 0 aromatic carbocycles. The van der Waals surface area contributed by atoms with Crippen molar-refractivity contribution in [2.75, 3.05) is 4.72 Å². The largest absolute Gasteiger partial charge is 0.431 e. The number of rotatable bonds is 3. The fourth-order valence-corrected chi connectivity index (χ4v) is 3.95. The predicted molar refractivity (Wildman–Crippen MR) is 64.1 cm³/mol. The smallest absolute Gasteiger partial charge is 0.309 e. The number of thiophene rings is 1. The van der Waals surface area contributed by atoms with Gasteiger partial charge in [-0.05, 0) is 35.0 Å². The molecule has 2 aromatic heterocycles. The van der Waals surface area contributed by atoms with Gasteiger partial charge in [0.1, 0.15) is 10.5 Å². The van der Waals surface area contributed by atoms with Gasteiger partial charge in [0.15, 0.2) is 0 Å². The van der Waals surface area contributed by atoms with E-state index in [0.29, 0.717) is 5.69 Å². The summed E-state index contributed by atoms with van der Waals surface area (Å²) in [6, 6.07) is 3.15. The minimum Gasteiger partial charge on any atom is -0.431 e. The van der Waals surface area contributed by atoms with Gasteiger partial charge in [0.25, 0.3) is 10.0 Å². The fraction of sp³-hybridized carbons (Fsp3) is 0.125. The molecule has 0 fully saturated rings. The summed E-state index contributed by atoms with van der Waals surface area (Å²) in [7, 11) is -3.60.